The number of carbonyl (C=O) groups is 3. The lowest BCUT2D eigenvalue weighted by Crippen LogP contribution is -2.56. The Labute approximate surface area is 221 Å². The van der Waals surface area contributed by atoms with E-state index in [1.54, 1.807) is 18.1 Å². The van der Waals surface area contributed by atoms with Gasteiger partial charge in [-0.1, -0.05) is 0 Å². The maximum atomic E-state index is 13.2. The number of rotatable bonds is 8. The number of likely N-dealkylation sites (N-methyl/N-ethyl adjacent to an activating group) is 1. The SMILES string of the molecule is COCCCc1cc(NC(=O)N2CCCc3cc(CN4CC[N+](C)([O-])CC4=O)c(C=O)nc32)ncc1C#N. The van der Waals surface area contributed by atoms with Gasteiger partial charge in [-0.15, -0.1) is 0 Å². The summed E-state index contributed by atoms with van der Waals surface area (Å²) in [6, 6.07) is 5.19. The number of nitrogens with one attached hydrogen (secondary N) is 1. The van der Waals surface area contributed by atoms with E-state index in [0.29, 0.717) is 68.0 Å². The fraction of sp³-hybridized carbons (Fsp3) is 0.462. The Hall–Kier alpha value is -3.92. The molecule has 0 spiro atoms. The van der Waals surface area contributed by atoms with E-state index in [9.17, 15) is 24.9 Å². The number of hydrogen-bond acceptors (Lipinski definition) is 8. The van der Waals surface area contributed by atoms with Gasteiger partial charge in [0, 0.05) is 38.6 Å². The molecule has 3 amide bonds. The fourth-order valence-electron chi connectivity index (χ4n) is 4.74. The summed E-state index contributed by atoms with van der Waals surface area (Å²) in [4.78, 5) is 49.4. The topological polar surface area (TPSA) is 152 Å². The van der Waals surface area contributed by atoms with Crippen LogP contribution in [0, 0.1) is 16.5 Å². The van der Waals surface area contributed by atoms with Crippen molar-refractivity contribution in [2.75, 3.05) is 57.2 Å². The minimum atomic E-state index is -0.606. The van der Waals surface area contributed by atoms with Gasteiger partial charge in [0.05, 0.1) is 25.7 Å². The van der Waals surface area contributed by atoms with Crippen LogP contribution in [0.2, 0.25) is 0 Å². The molecule has 4 rings (SSSR count). The first-order valence-corrected chi connectivity index (χ1v) is 12.5. The first-order chi connectivity index (χ1) is 18.2. The first kappa shape index (κ1) is 27.1. The molecule has 0 bridgehead atoms. The monoisotopic (exact) mass is 521 g/mol. The zero-order valence-electron chi connectivity index (χ0n) is 21.6. The van der Waals surface area contributed by atoms with E-state index >= 15 is 0 Å². The summed E-state index contributed by atoms with van der Waals surface area (Å²) >= 11 is 0. The summed E-state index contributed by atoms with van der Waals surface area (Å²) < 4.78 is 4.48. The van der Waals surface area contributed by atoms with Gasteiger partial charge in [-0.3, -0.25) is 19.8 Å². The van der Waals surface area contributed by atoms with Crippen LogP contribution in [0.1, 0.15) is 45.6 Å². The van der Waals surface area contributed by atoms with Crippen molar-refractivity contribution in [1.82, 2.24) is 14.9 Å². The molecular weight excluding hydrogens is 490 g/mol. The second-order valence-corrected chi connectivity index (χ2v) is 9.75. The number of hydrogen-bond donors (Lipinski definition) is 1. The molecule has 38 heavy (non-hydrogen) atoms. The van der Waals surface area contributed by atoms with Crippen molar-refractivity contribution in [1.29, 1.82) is 5.26 Å². The first-order valence-electron chi connectivity index (χ1n) is 12.5. The van der Waals surface area contributed by atoms with Crippen LogP contribution >= 0.6 is 0 Å². The second kappa shape index (κ2) is 11.6. The van der Waals surface area contributed by atoms with E-state index in [2.05, 4.69) is 21.4 Å². The standard InChI is InChI=1S/C26H31N7O5/c1-33(37)9-8-31(24(35)16-33)15-20-11-19-5-3-7-32(25(19)29-22(20)17-34)26(36)30-23-12-18(6-4-10-38-2)21(13-27)14-28-23/h11-12,14,17H,3-10,15-16H2,1-2H3,(H,28,30,36). The number of aldehydes is 1. The smallest absolute Gasteiger partial charge is 0.328 e. The minimum Gasteiger partial charge on any atom is -0.633 e. The maximum Gasteiger partial charge on any atom is 0.328 e. The van der Waals surface area contributed by atoms with Crippen LogP contribution in [0.3, 0.4) is 0 Å². The Bertz CT molecular complexity index is 1270. The lowest BCUT2D eigenvalue weighted by molar-refractivity contribution is -0.855. The van der Waals surface area contributed by atoms with Crippen molar-refractivity contribution in [3.05, 3.63) is 51.5 Å². The molecule has 1 atom stereocenters. The van der Waals surface area contributed by atoms with E-state index in [0.717, 1.165) is 17.5 Å². The van der Waals surface area contributed by atoms with Gasteiger partial charge in [0.25, 0.3) is 5.91 Å². The molecule has 0 aromatic carbocycles. The van der Waals surface area contributed by atoms with Crippen molar-refractivity contribution >= 4 is 29.9 Å². The third-order valence-electron chi connectivity index (χ3n) is 6.80. The number of aromatic nitrogens is 2. The molecular formula is C26H31N7O5. The molecule has 2 aromatic rings. The van der Waals surface area contributed by atoms with Gasteiger partial charge < -0.3 is 19.5 Å². The van der Waals surface area contributed by atoms with Crippen LogP contribution in [0.5, 0.6) is 0 Å². The number of fused-ring (bicyclic) bond motifs is 1. The van der Waals surface area contributed by atoms with Crippen molar-refractivity contribution in [3.63, 3.8) is 0 Å². The molecule has 12 nitrogen and oxygen atoms in total. The quantitative estimate of drug-likeness (QED) is 0.240. The second-order valence-electron chi connectivity index (χ2n) is 9.75. The Morgan fingerprint density at radius 3 is 2.87 bits per heavy atom. The highest BCUT2D eigenvalue weighted by molar-refractivity contribution is 6.01. The van der Waals surface area contributed by atoms with Gasteiger partial charge >= 0.3 is 6.03 Å². The number of hydroxylamine groups is 3. The number of aryl methyl sites for hydroxylation is 2. The average Bonchev–Trinajstić information content (AvgIpc) is 2.89. The van der Waals surface area contributed by atoms with Gasteiger partial charge in [-0.25, -0.2) is 14.8 Å². The highest BCUT2D eigenvalue weighted by atomic mass is 16.5. The van der Waals surface area contributed by atoms with Gasteiger partial charge in [-0.05, 0) is 48.9 Å². The molecule has 0 saturated carbocycles. The fourth-order valence-corrected chi connectivity index (χ4v) is 4.74. The van der Waals surface area contributed by atoms with Crippen molar-refractivity contribution < 1.29 is 23.8 Å². The summed E-state index contributed by atoms with van der Waals surface area (Å²) in [5.74, 6) is 0.441. The summed E-state index contributed by atoms with van der Waals surface area (Å²) in [6.45, 7) is 1.58. The Morgan fingerprint density at radius 1 is 1.34 bits per heavy atom. The molecule has 0 radical (unpaired) electrons. The van der Waals surface area contributed by atoms with E-state index < -0.39 is 10.7 Å². The Kier molecular flexibility index (Phi) is 8.31. The van der Waals surface area contributed by atoms with Crippen LogP contribution in [-0.2, 0) is 28.9 Å². The van der Waals surface area contributed by atoms with Gasteiger partial charge in [0.15, 0.2) is 12.8 Å². The normalized spacial score (nSPS) is 19.1. The number of pyridine rings is 2. The van der Waals surface area contributed by atoms with E-state index in [1.165, 1.54) is 18.1 Å². The summed E-state index contributed by atoms with van der Waals surface area (Å²) in [6.07, 6.45) is 4.75. The maximum absolute atomic E-state index is 13.2. The molecule has 1 unspecified atom stereocenters. The minimum absolute atomic E-state index is 0.139. The number of urea groups is 1. The number of quaternary nitrogens is 1. The average molecular weight is 522 g/mol. The van der Waals surface area contributed by atoms with Gasteiger partial charge in [0.2, 0.25) is 0 Å². The van der Waals surface area contributed by atoms with Gasteiger partial charge in [-0.2, -0.15) is 5.26 Å². The summed E-state index contributed by atoms with van der Waals surface area (Å²) in [5, 5.41) is 24.3. The van der Waals surface area contributed by atoms with Crippen molar-refractivity contribution in [2.45, 2.75) is 32.2 Å². The lowest BCUT2D eigenvalue weighted by atomic mass is 10.0. The molecule has 1 fully saturated rings. The molecule has 200 valence electrons. The zero-order chi connectivity index (χ0) is 27.3. The van der Waals surface area contributed by atoms with Crippen LogP contribution in [0.4, 0.5) is 16.4 Å². The van der Waals surface area contributed by atoms with Crippen molar-refractivity contribution in [2.24, 2.45) is 0 Å². The highest BCUT2D eigenvalue weighted by Crippen LogP contribution is 2.29. The van der Waals surface area contributed by atoms with E-state index in [1.807, 2.05) is 6.07 Å². The third kappa shape index (κ3) is 6.13. The number of nitrogens with zero attached hydrogens (tertiary/aromatic N) is 6. The van der Waals surface area contributed by atoms with Crippen LogP contribution < -0.4 is 10.2 Å². The molecule has 4 heterocycles. The highest BCUT2D eigenvalue weighted by Gasteiger charge is 2.31. The van der Waals surface area contributed by atoms with E-state index in [4.69, 9.17) is 4.74 Å². The number of ether oxygens (including phenoxy) is 1. The van der Waals surface area contributed by atoms with Crippen molar-refractivity contribution in [3.8, 4) is 6.07 Å². The molecule has 2 aliphatic heterocycles. The molecule has 0 aliphatic carbocycles. The zero-order valence-corrected chi connectivity index (χ0v) is 21.6. The summed E-state index contributed by atoms with van der Waals surface area (Å²) in [7, 11) is 3.09. The number of anilines is 2. The van der Waals surface area contributed by atoms with Gasteiger partial charge in [0.1, 0.15) is 23.4 Å². The number of methoxy groups -OCH3 is 1. The van der Waals surface area contributed by atoms with Crippen LogP contribution in [-0.4, -0.2) is 84.7 Å². The number of carbonyl (C=O) groups excluding carboxylic acids is 3. The molecule has 12 heteroatoms. The molecule has 1 saturated heterocycles. The largest absolute Gasteiger partial charge is 0.633 e. The molecule has 2 aliphatic rings. The number of nitriles is 1. The van der Waals surface area contributed by atoms with E-state index in [-0.39, 0.29) is 31.2 Å². The molecule has 1 N–H and O–H groups in total. The van der Waals surface area contributed by atoms with Crippen LogP contribution in [0.25, 0.3) is 0 Å². The molecule has 2 aromatic heterocycles. The Morgan fingerprint density at radius 2 is 2.16 bits per heavy atom. The number of piperazine rings is 1. The Balaban J connectivity index is 1.53. The number of amides is 3. The predicted molar refractivity (Wildman–Crippen MR) is 138 cm³/mol. The summed E-state index contributed by atoms with van der Waals surface area (Å²) in [5.41, 5.74) is 2.75. The lowest BCUT2D eigenvalue weighted by Gasteiger charge is -2.44. The predicted octanol–water partition coefficient (Wildman–Crippen LogP) is 2.01. The third-order valence-corrected chi connectivity index (χ3v) is 6.80. The van der Waals surface area contributed by atoms with Crippen LogP contribution in [0.15, 0.2) is 18.3 Å².